The van der Waals surface area contributed by atoms with Gasteiger partial charge >= 0.3 is 0 Å². The third kappa shape index (κ3) is 10.1. The van der Waals surface area contributed by atoms with E-state index in [2.05, 4.69) is 119 Å². The van der Waals surface area contributed by atoms with Gasteiger partial charge in [0.15, 0.2) is 0 Å². The molecular formula is C45H48BrN3. The highest BCUT2D eigenvalue weighted by Gasteiger charge is 2.33. The molecule has 0 fully saturated rings. The molecule has 0 aromatic heterocycles. The van der Waals surface area contributed by atoms with Crippen molar-refractivity contribution in [2.75, 3.05) is 4.90 Å². The molecule has 0 aliphatic carbocycles. The number of fused-ring (bicyclic) bond motifs is 1. The Morgan fingerprint density at radius 3 is 1.59 bits per heavy atom. The van der Waals surface area contributed by atoms with Crippen molar-refractivity contribution in [3.05, 3.63) is 208 Å². The average Bonchev–Trinajstić information content (AvgIpc) is 3.46. The fourth-order valence-corrected chi connectivity index (χ4v) is 6.60. The Morgan fingerprint density at radius 1 is 0.673 bits per heavy atom. The summed E-state index contributed by atoms with van der Waals surface area (Å²) in [6.45, 7) is 4.35. The summed E-state index contributed by atoms with van der Waals surface area (Å²) < 4.78 is 1.15. The highest BCUT2D eigenvalue weighted by Crippen LogP contribution is 2.41. The van der Waals surface area contributed by atoms with Crippen LogP contribution in [-0.4, -0.2) is 17.8 Å². The molecule has 250 valence electrons. The van der Waals surface area contributed by atoms with Gasteiger partial charge in [-0.15, -0.1) is 0 Å². The van der Waals surface area contributed by atoms with E-state index >= 15 is 0 Å². The molecule has 6 aromatic rings. The van der Waals surface area contributed by atoms with E-state index < -0.39 is 0 Å². The van der Waals surface area contributed by atoms with E-state index in [0.29, 0.717) is 11.8 Å². The molecule has 1 heterocycles. The van der Waals surface area contributed by atoms with Crippen LogP contribution in [0.5, 0.6) is 0 Å². The molecule has 0 saturated heterocycles. The van der Waals surface area contributed by atoms with Gasteiger partial charge in [0.25, 0.3) is 0 Å². The predicted octanol–water partition coefficient (Wildman–Crippen LogP) is 11.3. The average molecular weight is 711 g/mol. The summed E-state index contributed by atoms with van der Waals surface area (Å²) in [5.74, 6) is 0. The van der Waals surface area contributed by atoms with Crippen LogP contribution in [0, 0.1) is 5.41 Å². The summed E-state index contributed by atoms with van der Waals surface area (Å²) >= 11 is 3.47. The van der Waals surface area contributed by atoms with Crippen LogP contribution in [0.2, 0.25) is 0 Å². The number of nitrogens with zero attached hydrogens (tertiary/aromatic N) is 1. The van der Waals surface area contributed by atoms with E-state index in [-0.39, 0.29) is 19.5 Å². The fourth-order valence-electron chi connectivity index (χ4n) is 6.15. The Labute approximate surface area is 302 Å². The van der Waals surface area contributed by atoms with Gasteiger partial charge in [-0.1, -0.05) is 181 Å². The lowest BCUT2D eigenvalue weighted by Gasteiger charge is -2.35. The van der Waals surface area contributed by atoms with Gasteiger partial charge in [0.05, 0.1) is 11.8 Å². The van der Waals surface area contributed by atoms with Crippen molar-refractivity contribution in [2.45, 2.75) is 52.2 Å². The molecule has 0 radical (unpaired) electrons. The van der Waals surface area contributed by atoms with E-state index in [9.17, 15) is 0 Å². The number of rotatable bonds is 7. The molecule has 1 aliphatic rings. The minimum absolute atomic E-state index is 0. The Balaban J connectivity index is 0.000000179. The quantitative estimate of drug-likeness (QED) is 0.162. The normalized spacial score (nSPS) is 13.5. The monoisotopic (exact) mass is 709 g/mol. The molecule has 3 nitrogen and oxygen atoms in total. The summed E-state index contributed by atoms with van der Waals surface area (Å²) in [7, 11) is 0. The van der Waals surface area contributed by atoms with E-state index in [0.717, 1.165) is 28.4 Å². The second-order valence-corrected chi connectivity index (χ2v) is 13.0. The highest BCUT2D eigenvalue weighted by atomic mass is 79.9. The maximum Gasteiger partial charge on any atom is 0.0799 e. The molecule has 3 N–H and O–H groups in total. The zero-order chi connectivity index (χ0) is 33.7. The maximum absolute atomic E-state index is 7.97. The molecule has 1 aliphatic heterocycles. The second-order valence-electron chi connectivity index (χ2n) is 12.2. The summed E-state index contributed by atoms with van der Waals surface area (Å²) in [5, 5.41) is 7.97. The van der Waals surface area contributed by atoms with Crippen molar-refractivity contribution >= 4 is 27.3 Å². The molecule has 0 spiro atoms. The van der Waals surface area contributed by atoms with Gasteiger partial charge in [0, 0.05) is 22.2 Å². The van der Waals surface area contributed by atoms with E-state index in [1.165, 1.54) is 27.9 Å². The minimum Gasteiger partial charge on any atom is -0.357 e. The summed E-state index contributed by atoms with van der Waals surface area (Å²) in [6.07, 6.45) is 2.05. The first-order valence-electron chi connectivity index (χ1n) is 16.6. The van der Waals surface area contributed by atoms with Crippen LogP contribution in [-0.2, 0) is 12.8 Å². The van der Waals surface area contributed by atoms with E-state index in [4.69, 9.17) is 11.1 Å². The molecule has 2 unspecified atom stereocenters. The molecular weight excluding hydrogens is 662 g/mol. The number of para-hydroxylation sites is 1. The molecule has 0 saturated carbocycles. The standard InChI is InChI=1S/C22H21N.C13H11N.C9H12BrN.CH4/c1-17-16-20-14-8-9-15-21(20)23(17)22(18-10-4-2-5-11-18)19-12-6-3-7-13-19;14-13(11-7-3-1-4-8-11)12-9-5-2-6-10-12;1-7(11)6-8-4-2-3-5-9(8)10;/h2-15,17,22H,16H2,1H3;1-10,14H;2-5,7H,6,11H2,1H3;1H4. The Bertz CT molecular complexity index is 1760. The van der Waals surface area contributed by atoms with Crippen molar-refractivity contribution < 1.29 is 0 Å². The zero-order valence-corrected chi connectivity index (χ0v) is 29.3. The lowest BCUT2D eigenvalue weighted by molar-refractivity contribution is 0.617. The Morgan fingerprint density at radius 2 is 1.10 bits per heavy atom. The summed E-state index contributed by atoms with van der Waals surface area (Å²) in [6, 6.07) is 59.2. The van der Waals surface area contributed by atoms with Gasteiger partial charge in [0.1, 0.15) is 0 Å². The van der Waals surface area contributed by atoms with Crippen LogP contribution >= 0.6 is 15.9 Å². The van der Waals surface area contributed by atoms with Crippen molar-refractivity contribution in [3.63, 3.8) is 0 Å². The number of benzene rings is 6. The lowest BCUT2D eigenvalue weighted by Crippen LogP contribution is -2.34. The molecule has 2 atom stereocenters. The molecule has 6 aromatic carbocycles. The fraction of sp³-hybridized carbons (Fsp3) is 0.178. The topological polar surface area (TPSA) is 53.1 Å². The first kappa shape index (κ1) is 37.1. The van der Waals surface area contributed by atoms with Crippen LogP contribution in [0.1, 0.15) is 60.7 Å². The predicted molar refractivity (Wildman–Crippen MR) is 214 cm³/mol. The van der Waals surface area contributed by atoms with Gasteiger partial charge in [-0.25, -0.2) is 0 Å². The molecule has 49 heavy (non-hydrogen) atoms. The Hall–Kier alpha value is -4.77. The number of hydrogen-bond acceptors (Lipinski definition) is 3. The van der Waals surface area contributed by atoms with Crippen molar-refractivity contribution in [3.8, 4) is 0 Å². The van der Waals surface area contributed by atoms with Crippen LogP contribution < -0.4 is 10.6 Å². The third-order valence-corrected chi connectivity index (χ3v) is 9.17. The number of halogens is 1. The molecule has 4 heteroatoms. The van der Waals surface area contributed by atoms with E-state index in [1.54, 1.807) is 0 Å². The van der Waals surface area contributed by atoms with Crippen LogP contribution in [0.25, 0.3) is 0 Å². The minimum atomic E-state index is 0. The summed E-state index contributed by atoms with van der Waals surface area (Å²) in [5.41, 5.74) is 15.0. The number of nitrogens with one attached hydrogen (secondary N) is 1. The van der Waals surface area contributed by atoms with Crippen molar-refractivity contribution in [1.82, 2.24) is 0 Å². The first-order chi connectivity index (χ1) is 23.4. The third-order valence-electron chi connectivity index (χ3n) is 8.39. The van der Waals surface area contributed by atoms with Gasteiger partial charge in [0.2, 0.25) is 0 Å². The Kier molecular flexibility index (Phi) is 14.1. The van der Waals surface area contributed by atoms with Crippen molar-refractivity contribution in [2.24, 2.45) is 5.73 Å². The summed E-state index contributed by atoms with van der Waals surface area (Å²) in [4.78, 5) is 2.58. The molecule has 0 amide bonds. The number of hydrogen-bond donors (Lipinski definition) is 2. The van der Waals surface area contributed by atoms with E-state index in [1.807, 2.05) is 85.8 Å². The SMILES string of the molecule is C.CC(N)Cc1ccccc1Br.CC1Cc2ccccc2N1C(c1ccccc1)c1ccccc1.N=C(c1ccccc1)c1ccccc1. The smallest absolute Gasteiger partial charge is 0.0799 e. The highest BCUT2D eigenvalue weighted by molar-refractivity contribution is 9.10. The van der Waals surface area contributed by atoms with Crippen LogP contribution in [0.4, 0.5) is 5.69 Å². The molecule has 7 rings (SSSR count). The number of anilines is 1. The maximum atomic E-state index is 7.97. The lowest BCUT2D eigenvalue weighted by atomic mass is 9.96. The van der Waals surface area contributed by atoms with Gasteiger partial charge in [-0.2, -0.15) is 0 Å². The first-order valence-corrected chi connectivity index (χ1v) is 17.4. The van der Waals surface area contributed by atoms with Gasteiger partial charge < -0.3 is 10.6 Å². The van der Waals surface area contributed by atoms with Gasteiger partial charge in [-0.3, -0.25) is 5.41 Å². The zero-order valence-electron chi connectivity index (χ0n) is 27.7. The largest absolute Gasteiger partial charge is 0.357 e. The number of nitrogens with two attached hydrogens (primary N) is 1. The van der Waals surface area contributed by atoms with Gasteiger partial charge in [-0.05, 0) is 72.2 Å². The second kappa shape index (κ2) is 18.7. The van der Waals surface area contributed by atoms with Crippen LogP contribution in [0.3, 0.4) is 0 Å². The molecule has 0 bridgehead atoms. The van der Waals surface area contributed by atoms with Crippen LogP contribution in [0.15, 0.2) is 174 Å². The van der Waals surface area contributed by atoms with Crippen molar-refractivity contribution in [1.29, 1.82) is 5.41 Å².